The second-order valence-corrected chi connectivity index (χ2v) is 16.2. The number of rotatable bonds is 6. The van der Waals surface area contributed by atoms with Crippen LogP contribution in [0.5, 0.6) is 0 Å². The lowest BCUT2D eigenvalue weighted by atomic mass is 9.97. The van der Waals surface area contributed by atoms with E-state index in [2.05, 4.69) is 205 Å². The number of hydrogen-bond donors (Lipinski definition) is 0. The molecule has 1 nitrogen and oxygen atoms in total. The minimum absolute atomic E-state index is 1.11. The van der Waals surface area contributed by atoms with E-state index in [4.69, 9.17) is 0 Å². The minimum Gasteiger partial charge on any atom is -0.310 e. The van der Waals surface area contributed by atoms with Crippen molar-refractivity contribution in [3.63, 3.8) is 0 Å². The standard InChI is InChI=1S/C52H33NS2/c1-2-14-42-35(10-1)11-8-17-43(42)38-12-7-13-41(32-38)53(39-27-22-34(23-28-39)37-26-31-51-48(33-37)46-16-4-5-20-49(46)54-51)40-29-24-36(25-30-40)44-18-9-19-47-45-15-3-6-21-50(45)55-52(44)47/h1-33H. The average Bonchev–Trinajstić information content (AvgIpc) is 3.83. The Hall–Kier alpha value is -6.52. The fraction of sp³-hybridized carbons (Fsp3) is 0. The van der Waals surface area contributed by atoms with E-state index in [9.17, 15) is 0 Å². The van der Waals surface area contributed by atoms with E-state index >= 15 is 0 Å². The summed E-state index contributed by atoms with van der Waals surface area (Å²) < 4.78 is 5.31. The summed E-state index contributed by atoms with van der Waals surface area (Å²) in [5.74, 6) is 0. The summed E-state index contributed by atoms with van der Waals surface area (Å²) in [6.45, 7) is 0. The van der Waals surface area contributed by atoms with Gasteiger partial charge in [-0.3, -0.25) is 0 Å². The van der Waals surface area contributed by atoms with Gasteiger partial charge in [0.05, 0.1) is 0 Å². The van der Waals surface area contributed by atoms with Gasteiger partial charge in [0.1, 0.15) is 0 Å². The van der Waals surface area contributed by atoms with Gasteiger partial charge in [-0.15, -0.1) is 22.7 Å². The Balaban J connectivity index is 1.02. The fourth-order valence-electron chi connectivity index (χ4n) is 8.21. The van der Waals surface area contributed by atoms with E-state index in [0.717, 1.165) is 17.1 Å². The van der Waals surface area contributed by atoms with Gasteiger partial charge in [0.2, 0.25) is 0 Å². The molecule has 0 fully saturated rings. The zero-order chi connectivity index (χ0) is 36.3. The van der Waals surface area contributed by atoms with Gasteiger partial charge in [0.15, 0.2) is 0 Å². The van der Waals surface area contributed by atoms with Crippen LogP contribution >= 0.6 is 22.7 Å². The molecule has 9 aromatic carbocycles. The predicted octanol–water partition coefficient (Wildman–Crippen LogP) is 16.0. The first-order valence-electron chi connectivity index (χ1n) is 18.7. The molecular formula is C52H33NS2. The number of thiophene rings is 2. The molecule has 0 saturated heterocycles. The van der Waals surface area contributed by atoms with Crippen molar-refractivity contribution in [2.24, 2.45) is 0 Å². The molecule has 11 aromatic rings. The molecule has 0 saturated carbocycles. The molecule has 0 aliphatic rings. The van der Waals surface area contributed by atoms with Crippen molar-refractivity contribution in [1.82, 2.24) is 0 Å². The Morgan fingerprint density at radius 2 is 0.855 bits per heavy atom. The van der Waals surface area contributed by atoms with Crippen LogP contribution in [0.3, 0.4) is 0 Å². The lowest BCUT2D eigenvalue weighted by molar-refractivity contribution is 1.28. The number of nitrogens with zero attached hydrogens (tertiary/aromatic N) is 1. The van der Waals surface area contributed by atoms with Crippen molar-refractivity contribution >= 4 is 90.9 Å². The smallest absolute Gasteiger partial charge is 0.0467 e. The highest BCUT2D eigenvalue weighted by molar-refractivity contribution is 7.26. The topological polar surface area (TPSA) is 3.24 Å². The highest BCUT2D eigenvalue weighted by Crippen LogP contribution is 2.43. The molecule has 55 heavy (non-hydrogen) atoms. The monoisotopic (exact) mass is 735 g/mol. The highest BCUT2D eigenvalue weighted by atomic mass is 32.1. The van der Waals surface area contributed by atoms with Gasteiger partial charge in [0.25, 0.3) is 0 Å². The van der Waals surface area contributed by atoms with E-state index in [0.29, 0.717) is 0 Å². The maximum atomic E-state index is 2.39. The first kappa shape index (κ1) is 32.0. The average molecular weight is 736 g/mol. The molecule has 0 bridgehead atoms. The first-order valence-corrected chi connectivity index (χ1v) is 20.3. The maximum absolute atomic E-state index is 2.39. The number of benzene rings is 9. The third-order valence-corrected chi connectivity index (χ3v) is 13.3. The highest BCUT2D eigenvalue weighted by Gasteiger charge is 2.17. The Morgan fingerprint density at radius 1 is 0.291 bits per heavy atom. The fourth-order valence-corrected chi connectivity index (χ4v) is 10.5. The van der Waals surface area contributed by atoms with Gasteiger partial charge < -0.3 is 4.90 Å². The predicted molar refractivity (Wildman–Crippen MR) is 241 cm³/mol. The lowest BCUT2D eigenvalue weighted by Gasteiger charge is -2.26. The third-order valence-electron chi connectivity index (χ3n) is 10.9. The van der Waals surface area contributed by atoms with Gasteiger partial charge in [-0.1, -0.05) is 140 Å². The molecule has 258 valence electrons. The van der Waals surface area contributed by atoms with Crippen LogP contribution in [0, 0.1) is 0 Å². The maximum Gasteiger partial charge on any atom is 0.0467 e. The molecule has 2 aromatic heterocycles. The van der Waals surface area contributed by atoms with Crippen LogP contribution in [-0.4, -0.2) is 0 Å². The van der Waals surface area contributed by atoms with Crippen LogP contribution in [0.2, 0.25) is 0 Å². The second kappa shape index (κ2) is 13.1. The van der Waals surface area contributed by atoms with E-state index < -0.39 is 0 Å². The van der Waals surface area contributed by atoms with Crippen LogP contribution in [0.1, 0.15) is 0 Å². The molecule has 0 radical (unpaired) electrons. The van der Waals surface area contributed by atoms with Crippen LogP contribution in [0.25, 0.3) is 84.5 Å². The van der Waals surface area contributed by atoms with Gasteiger partial charge >= 0.3 is 0 Å². The lowest BCUT2D eigenvalue weighted by Crippen LogP contribution is -2.10. The molecule has 0 atom stereocenters. The Morgan fingerprint density at radius 3 is 1.65 bits per heavy atom. The second-order valence-electron chi connectivity index (χ2n) is 14.1. The molecular weight excluding hydrogens is 703 g/mol. The number of fused-ring (bicyclic) bond motifs is 7. The van der Waals surface area contributed by atoms with Crippen molar-refractivity contribution in [2.75, 3.05) is 4.90 Å². The largest absolute Gasteiger partial charge is 0.310 e. The van der Waals surface area contributed by atoms with E-state index in [1.165, 1.54) is 84.5 Å². The summed E-state index contributed by atoms with van der Waals surface area (Å²) in [4.78, 5) is 2.39. The zero-order valence-electron chi connectivity index (χ0n) is 29.8. The molecule has 11 rings (SSSR count). The van der Waals surface area contributed by atoms with Gasteiger partial charge in [0, 0.05) is 57.4 Å². The van der Waals surface area contributed by atoms with Crippen LogP contribution < -0.4 is 4.90 Å². The summed E-state index contributed by atoms with van der Waals surface area (Å²) in [6.07, 6.45) is 0. The van der Waals surface area contributed by atoms with Gasteiger partial charge in [-0.25, -0.2) is 0 Å². The summed E-state index contributed by atoms with van der Waals surface area (Å²) >= 11 is 3.74. The molecule has 0 N–H and O–H groups in total. The molecule has 0 spiro atoms. The van der Waals surface area contributed by atoms with E-state index in [1.54, 1.807) is 0 Å². The van der Waals surface area contributed by atoms with Crippen LogP contribution in [0.4, 0.5) is 17.1 Å². The van der Waals surface area contributed by atoms with Crippen molar-refractivity contribution < 1.29 is 0 Å². The summed E-state index contributed by atoms with van der Waals surface area (Å²) in [7, 11) is 0. The normalized spacial score (nSPS) is 11.6. The first-order chi connectivity index (χ1) is 27.2. The van der Waals surface area contributed by atoms with Gasteiger partial charge in [-0.2, -0.15) is 0 Å². The van der Waals surface area contributed by atoms with Crippen LogP contribution in [-0.2, 0) is 0 Å². The molecule has 2 heterocycles. The molecule has 3 heteroatoms. The Bertz CT molecular complexity index is 3200. The Labute approximate surface area is 327 Å². The summed E-state index contributed by atoms with van der Waals surface area (Å²) in [5.41, 5.74) is 10.7. The minimum atomic E-state index is 1.11. The van der Waals surface area contributed by atoms with Crippen molar-refractivity contribution in [3.8, 4) is 33.4 Å². The Kier molecular flexibility index (Phi) is 7.61. The third kappa shape index (κ3) is 5.51. The molecule has 0 aliphatic carbocycles. The van der Waals surface area contributed by atoms with Crippen molar-refractivity contribution in [1.29, 1.82) is 0 Å². The SMILES string of the molecule is c1cc(-c2cccc3ccccc23)cc(N(c2ccc(-c3ccc4sc5ccccc5c4c3)cc2)c2ccc(-c3cccc4c3sc3ccccc34)cc2)c1. The summed E-state index contributed by atoms with van der Waals surface area (Å²) in [6, 6.07) is 73.4. The van der Waals surface area contributed by atoms with Crippen LogP contribution in [0.15, 0.2) is 200 Å². The van der Waals surface area contributed by atoms with Crippen molar-refractivity contribution in [3.05, 3.63) is 200 Å². The van der Waals surface area contributed by atoms with E-state index in [1.807, 2.05) is 22.7 Å². The van der Waals surface area contributed by atoms with Crippen molar-refractivity contribution in [2.45, 2.75) is 0 Å². The number of hydrogen-bond acceptors (Lipinski definition) is 3. The van der Waals surface area contributed by atoms with E-state index in [-0.39, 0.29) is 0 Å². The molecule has 0 unspecified atom stereocenters. The number of anilines is 3. The quantitative estimate of drug-likeness (QED) is 0.164. The van der Waals surface area contributed by atoms with Gasteiger partial charge in [-0.05, 0) is 105 Å². The zero-order valence-corrected chi connectivity index (χ0v) is 31.4. The molecule has 0 aliphatic heterocycles. The summed E-state index contributed by atoms with van der Waals surface area (Å²) in [5, 5.41) is 7.79. The molecule has 0 amide bonds.